The van der Waals surface area contributed by atoms with Gasteiger partial charge in [0.1, 0.15) is 6.79 Å². The molecule has 0 bridgehead atoms. The molecule has 4 heteroatoms. The van der Waals surface area contributed by atoms with Gasteiger partial charge in [0.2, 0.25) is 0 Å². The summed E-state index contributed by atoms with van der Waals surface area (Å²) in [5.41, 5.74) is 0. The zero-order chi connectivity index (χ0) is 14.1. The molecule has 0 rings (SSSR count). The van der Waals surface area contributed by atoms with Gasteiger partial charge in [-0.2, -0.15) is 5.26 Å². The molecule has 0 aromatic heterocycles. The van der Waals surface area contributed by atoms with Gasteiger partial charge >= 0.3 is 0 Å². The lowest BCUT2D eigenvalue weighted by Crippen LogP contribution is -2.01. The first-order valence-electron chi connectivity index (χ1n) is 5.64. The van der Waals surface area contributed by atoms with Crippen molar-refractivity contribution in [3.63, 3.8) is 0 Å². The normalized spacial score (nSPS) is 12.5. The van der Waals surface area contributed by atoms with E-state index in [-0.39, 0.29) is 6.61 Å². The summed E-state index contributed by atoms with van der Waals surface area (Å²) in [7, 11) is 1.51. The van der Waals surface area contributed by atoms with Crippen molar-refractivity contribution < 1.29 is 14.6 Å². The van der Waals surface area contributed by atoms with E-state index in [0.717, 1.165) is 12.8 Å². The number of methoxy groups -OCH3 is 1. The van der Waals surface area contributed by atoms with Crippen molar-refractivity contribution in [1.29, 1.82) is 5.26 Å². The van der Waals surface area contributed by atoms with Crippen molar-refractivity contribution in [1.82, 2.24) is 0 Å². The van der Waals surface area contributed by atoms with Crippen molar-refractivity contribution >= 4 is 6.79 Å². The molecule has 0 fully saturated rings. The van der Waals surface area contributed by atoms with Crippen LogP contribution in [0.25, 0.3) is 0 Å². The first-order valence-corrected chi connectivity index (χ1v) is 5.64. The van der Waals surface area contributed by atoms with E-state index in [2.05, 4.69) is 0 Å². The minimum atomic E-state index is -0.446. The molecular formula is C14H21NO3. The Bertz CT molecular complexity index is 290. The average molecular weight is 251 g/mol. The van der Waals surface area contributed by atoms with Crippen LogP contribution in [0.15, 0.2) is 36.5 Å². The Kier molecular flexibility index (Phi) is 18.3. The molecule has 18 heavy (non-hydrogen) atoms. The maximum Gasteiger partial charge on any atom is 0.161 e. The van der Waals surface area contributed by atoms with E-state index in [0.29, 0.717) is 6.42 Å². The van der Waals surface area contributed by atoms with Gasteiger partial charge in [-0.1, -0.05) is 30.4 Å². The highest BCUT2D eigenvalue weighted by atomic mass is 16.5. The minimum Gasteiger partial charge on any atom is -0.396 e. The fraction of sp³-hybridized carbons (Fsp3) is 0.429. The second-order valence-electron chi connectivity index (χ2n) is 3.14. The van der Waals surface area contributed by atoms with Gasteiger partial charge in [0.05, 0.1) is 6.07 Å². The average Bonchev–Trinajstić information content (AvgIpc) is 2.43. The maximum atomic E-state index is 8.58. The van der Waals surface area contributed by atoms with Crippen LogP contribution < -0.4 is 0 Å². The first-order chi connectivity index (χ1) is 8.85. The topological polar surface area (TPSA) is 70.3 Å². The Hall–Kier alpha value is -1.70. The van der Waals surface area contributed by atoms with Gasteiger partial charge in [0, 0.05) is 13.7 Å². The molecule has 0 saturated heterocycles. The number of ether oxygens (including phenoxy) is 1. The van der Waals surface area contributed by atoms with E-state index in [1.807, 2.05) is 43.2 Å². The molecule has 0 aromatic carbocycles. The number of allylic oxidation sites excluding steroid dienone is 4. The number of carbonyl (C=O) groups excluding carboxylic acids is 1. The Morgan fingerprint density at radius 1 is 1.22 bits per heavy atom. The van der Waals surface area contributed by atoms with Crippen LogP contribution in [0.5, 0.6) is 0 Å². The molecule has 100 valence electrons. The molecule has 0 aromatic rings. The molecule has 0 aliphatic rings. The summed E-state index contributed by atoms with van der Waals surface area (Å²) in [4.78, 5) is 8.00. The van der Waals surface area contributed by atoms with Crippen LogP contribution in [-0.4, -0.2) is 31.7 Å². The molecule has 0 aliphatic carbocycles. The van der Waals surface area contributed by atoms with Gasteiger partial charge in [0.25, 0.3) is 0 Å². The second-order valence-corrected chi connectivity index (χ2v) is 3.14. The highest BCUT2D eigenvalue weighted by Gasteiger charge is 1.95. The fourth-order valence-corrected chi connectivity index (χ4v) is 1.01. The molecule has 1 N–H and O–H groups in total. The standard InChI is InChI=1S/C13H19NO2.CH2O/c1-16-13(12-14)10-8-6-4-2-3-5-7-9-11-15;1-2/h2,4-5,7-8,10,13,15H,3,6,9,11H2,1H3;1H2/b4-2-,7-5-,10-8-;. The van der Waals surface area contributed by atoms with E-state index in [1.54, 1.807) is 6.08 Å². The SMILES string of the molecule is C=O.COC(C#N)/C=C\C/C=C\C/C=C\CCO. The third-order valence-corrected chi connectivity index (χ3v) is 1.87. The number of rotatable bonds is 8. The van der Waals surface area contributed by atoms with E-state index in [1.165, 1.54) is 7.11 Å². The fourth-order valence-electron chi connectivity index (χ4n) is 1.01. The number of aliphatic hydroxyl groups excluding tert-OH is 1. The number of nitrogens with zero attached hydrogens (tertiary/aromatic N) is 1. The van der Waals surface area contributed by atoms with Crippen molar-refractivity contribution in [3.8, 4) is 6.07 Å². The lowest BCUT2D eigenvalue weighted by atomic mass is 10.2. The van der Waals surface area contributed by atoms with Crippen molar-refractivity contribution in [2.75, 3.05) is 13.7 Å². The minimum absolute atomic E-state index is 0.204. The monoisotopic (exact) mass is 251 g/mol. The molecule has 1 atom stereocenters. The highest BCUT2D eigenvalue weighted by molar-refractivity contribution is 5.11. The predicted octanol–water partition coefficient (Wildman–Crippen LogP) is 2.17. The van der Waals surface area contributed by atoms with Gasteiger partial charge in [-0.05, 0) is 25.3 Å². The number of aliphatic hydroxyl groups is 1. The number of nitriles is 1. The van der Waals surface area contributed by atoms with E-state index >= 15 is 0 Å². The van der Waals surface area contributed by atoms with Gasteiger partial charge in [-0.3, -0.25) is 0 Å². The smallest absolute Gasteiger partial charge is 0.161 e. The van der Waals surface area contributed by atoms with Crippen LogP contribution in [0.3, 0.4) is 0 Å². The van der Waals surface area contributed by atoms with Gasteiger partial charge in [-0.25, -0.2) is 0 Å². The third-order valence-electron chi connectivity index (χ3n) is 1.87. The summed E-state index contributed by atoms with van der Waals surface area (Å²) < 4.78 is 4.86. The zero-order valence-corrected chi connectivity index (χ0v) is 10.8. The molecule has 0 amide bonds. The summed E-state index contributed by atoms with van der Waals surface area (Å²) in [6.45, 7) is 2.20. The largest absolute Gasteiger partial charge is 0.396 e. The maximum absolute atomic E-state index is 8.58. The number of hydrogen-bond donors (Lipinski definition) is 1. The van der Waals surface area contributed by atoms with Gasteiger partial charge in [0.15, 0.2) is 6.10 Å². The Morgan fingerprint density at radius 3 is 2.28 bits per heavy atom. The Morgan fingerprint density at radius 2 is 1.78 bits per heavy atom. The quantitative estimate of drug-likeness (QED) is 0.671. The first kappa shape index (κ1) is 18.7. The summed E-state index contributed by atoms with van der Waals surface area (Å²) >= 11 is 0. The summed E-state index contributed by atoms with van der Waals surface area (Å²) in [6, 6.07) is 2.01. The van der Waals surface area contributed by atoms with E-state index < -0.39 is 6.10 Å². The molecule has 0 radical (unpaired) electrons. The lowest BCUT2D eigenvalue weighted by Gasteiger charge is -1.96. The summed E-state index contributed by atoms with van der Waals surface area (Å²) in [6.07, 6.45) is 13.6. The van der Waals surface area contributed by atoms with E-state index in [9.17, 15) is 0 Å². The molecular weight excluding hydrogens is 230 g/mol. The lowest BCUT2D eigenvalue weighted by molar-refractivity contribution is -0.0979. The van der Waals surface area contributed by atoms with E-state index in [4.69, 9.17) is 19.9 Å². The predicted molar refractivity (Wildman–Crippen MR) is 71.9 cm³/mol. The van der Waals surface area contributed by atoms with Gasteiger partial charge in [-0.15, -0.1) is 0 Å². The van der Waals surface area contributed by atoms with Crippen molar-refractivity contribution in [2.24, 2.45) is 0 Å². The summed E-state index contributed by atoms with van der Waals surface area (Å²) in [5.74, 6) is 0. The molecule has 0 spiro atoms. The van der Waals surface area contributed by atoms with Crippen molar-refractivity contribution in [2.45, 2.75) is 25.4 Å². The molecule has 0 heterocycles. The number of carbonyl (C=O) groups is 1. The Balaban J connectivity index is 0. The molecule has 1 unspecified atom stereocenters. The third kappa shape index (κ3) is 14.3. The second kappa shape index (κ2) is 17.7. The van der Waals surface area contributed by atoms with Crippen molar-refractivity contribution in [3.05, 3.63) is 36.5 Å². The molecule has 0 aliphatic heterocycles. The molecule has 4 nitrogen and oxygen atoms in total. The van der Waals surface area contributed by atoms with Gasteiger partial charge < -0.3 is 14.6 Å². The zero-order valence-electron chi connectivity index (χ0n) is 10.8. The van der Waals surface area contributed by atoms with Crippen LogP contribution in [0.2, 0.25) is 0 Å². The van der Waals surface area contributed by atoms with Crippen LogP contribution in [0, 0.1) is 11.3 Å². The van der Waals surface area contributed by atoms with Crippen LogP contribution >= 0.6 is 0 Å². The molecule has 0 saturated carbocycles. The summed E-state index contributed by atoms with van der Waals surface area (Å²) in [5, 5.41) is 17.1. The Labute approximate surface area is 109 Å². The number of hydrogen-bond acceptors (Lipinski definition) is 4. The van der Waals surface area contributed by atoms with Crippen LogP contribution in [0.4, 0.5) is 0 Å². The highest BCUT2D eigenvalue weighted by Crippen LogP contribution is 1.95. The van der Waals surface area contributed by atoms with Crippen LogP contribution in [-0.2, 0) is 9.53 Å². The van der Waals surface area contributed by atoms with Crippen LogP contribution in [0.1, 0.15) is 19.3 Å².